The third kappa shape index (κ3) is 11.1. The fraction of sp³-hybridized carbons (Fsp3) is 0.800. The predicted molar refractivity (Wildman–Crippen MR) is 90.0 cm³/mol. The number of amides is 1. The number of carbonyl (C=O) groups is 3. The van der Waals surface area contributed by atoms with Crippen molar-refractivity contribution >= 4 is 30.1 Å². The van der Waals surface area contributed by atoms with Crippen LogP contribution < -0.4 is 5.32 Å². The fourth-order valence-corrected chi connectivity index (χ4v) is 1.97. The van der Waals surface area contributed by atoms with Crippen LogP contribution in [0.3, 0.4) is 0 Å². The first-order valence-electron chi connectivity index (χ1n) is 7.50. The Balaban J connectivity index is 0. The smallest absolute Gasteiger partial charge is 0.410 e. The maximum atomic E-state index is 11.5. The minimum Gasteiger partial charge on any atom is -0.444 e. The maximum Gasteiger partial charge on any atom is 0.410 e. The third-order valence-corrected chi connectivity index (χ3v) is 3.13. The highest BCUT2D eigenvalue weighted by Gasteiger charge is 2.25. The molecule has 8 heteroatoms. The monoisotopic (exact) mass is 352 g/mol. The Morgan fingerprint density at radius 2 is 1.43 bits per heavy atom. The summed E-state index contributed by atoms with van der Waals surface area (Å²) in [7, 11) is 0. The minimum absolute atomic E-state index is 0. The lowest BCUT2D eigenvalue weighted by Gasteiger charge is -2.29. The zero-order valence-corrected chi connectivity index (χ0v) is 15.0. The molecule has 0 aromatic rings. The minimum atomic E-state index is -0.460. The molecule has 2 fully saturated rings. The van der Waals surface area contributed by atoms with Crippen molar-refractivity contribution in [3.8, 4) is 0 Å². The van der Waals surface area contributed by atoms with Crippen LogP contribution in [0.1, 0.15) is 46.5 Å². The van der Waals surface area contributed by atoms with Gasteiger partial charge in [-0.3, -0.25) is 9.59 Å². The Kier molecular flexibility index (Phi) is 11.9. The topological polar surface area (TPSA) is 107 Å². The fourth-order valence-electron chi connectivity index (χ4n) is 1.97. The molecule has 2 aliphatic heterocycles. The average molecular weight is 353 g/mol. The van der Waals surface area contributed by atoms with E-state index >= 15 is 0 Å². The van der Waals surface area contributed by atoms with E-state index in [2.05, 4.69) is 5.32 Å². The molecular formula is C15H29ClN2O5. The van der Waals surface area contributed by atoms with Gasteiger partial charge in [0.2, 0.25) is 0 Å². The number of hydrogen-bond donors (Lipinski definition) is 1. The van der Waals surface area contributed by atoms with Crippen molar-refractivity contribution in [2.75, 3.05) is 26.2 Å². The molecule has 0 aliphatic carbocycles. The summed E-state index contributed by atoms with van der Waals surface area (Å²) in [6.45, 7) is 8.26. The van der Waals surface area contributed by atoms with Crippen LogP contribution in [0.4, 0.5) is 4.79 Å². The van der Waals surface area contributed by atoms with E-state index in [9.17, 15) is 14.4 Å². The van der Waals surface area contributed by atoms with Crippen LogP contribution in [-0.4, -0.2) is 59.8 Å². The second-order valence-corrected chi connectivity index (χ2v) is 6.29. The van der Waals surface area contributed by atoms with Crippen molar-refractivity contribution in [1.29, 1.82) is 0 Å². The van der Waals surface area contributed by atoms with Crippen molar-refractivity contribution in [2.24, 2.45) is 0 Å². The Morgan fingerprint density at radius 3 is 1.78 bits per heavy atom. The van der Waals surface area contributed by atoms with Gasteiger partial charge in [0, 0.05) is 51.9 Å². The van der Waals surface area contributed by atoms with Crippen molar-refractivity contribution in [3.05, 3.63) is 0 Å². The van der Waals surface area contributed by atoms with E-state index in [1.165, 1.54) is 0 Å². The van der Waals surface area contributed by atoms with Crippen LogP contribution in [-0.2, 0) is 14.3 Å². The summed E-state index contributed by atoms with van der Waals surface area (Å²) in [6.07, 6.45) is 2.07. The van der Waals surface area contributed by atoms with Gasteiger partial charge in [-0.15, -0.1) is 12.4 Å². The van der Waals surface area contributed by atoms with Gasteiger partial charge in [-0.2, -0.15) is 0 Å². The number of nitrogens with one attached hydrogen (secondary N) is 1. The lowest BCUT2D eigenvalue weighted by molar-refractivity contribution is -0.121. The molecule has 136 valence electrons. The molecule has 0 aromatic heterocycles. The van der Waals surface area contributed by atoms with E-state index in [1.807, 2.05) is 20.8 Å². The number of carbonyl (C=O) groups excluding carboxylic acids is 3. The summed E-state index contributed by atoms with van der Waals surface area (Å²) >= 11 is 0. The summed E-state index contributed by atoms with van der Waals surface area (Å²) in [6, 6.07) is 0. The van der Waals surface area contributed by atoms with Crippen LogP contribution in [0.2, 0.25) is 0 Å². The number of piperidine rings is 2. The molecule has 0 radical (unpaired) electrons. The third-order valence-electron chi connectivity index (χ3n) is 3.13. The SMILES string of the molecule is CC(C)(C)OC(=O)N1CCC(=O)CC1.Cl.O.O=C1CCNCC1. The molecule has 1 amide bonds. The van der Waals surface area contributed by atoms with E-state index in [0.29, 0.717) is 31.7 Å². The number of Topliss-reactive ketones (excluding diaryl/α,β-unsaturated/α-hetero) is 2. The summed E-state index contributed by atoms with van der Waals surface area (Å²) in [5.74, 6) is 0.628. The molecule has 3 N–H and O–H groups in total. The molecule has 0 aromatic carbocycles. The summed E-state index contributed by atoms with van der Waals surface area (Å²) in [4.78, 5) is 34.5. The first kappa shape index (κ1) is 24.1. The summed E-state index contributed by atoms with van der Waals surface area (Å²) < 4.78 is 5.19. The number of likely N-dealkylation sites (tertiary alicyclic amines) is 1. The number of ether oxygens (including phenoxy) is 1. The lowest BCUT2D eigenvalue weighted by atomic mass is 10.1. The van der Waals surface area contributed by atoms with Gasteiger partial charge in [-0.05, 0) is 20.8 Å². The molecular weight excluding hydrogens is 324 g/mol. The van der Waals surface area contributed by atoms with Crippen LogP contribution in [0.5, 0.6) is 0 Å². The van der Waals surface area contributed by atoms with E-state index in [-0.39, 0.29) is 29.8 Å². The van der Waals surface area contributed by atoms with Gasteiger partial charge >= 0.3 is 6.09 Å². The zero-order chi connectivity index (χ0) is 15.9. The predicted octanol–water partition coefficient (Wildman–Crippen LogP) is 1.12. The average Bonchev–Trinajstić information content (AvgIpc) is 2.39. The first-order valence-corrected chi connectivity index (χ1v) is 7.50. The Hall–Kier alpha value is -1.18. The molecule has 2 rings (SSSR count). The summed E-state index contributed by atoms with van der Waals surface area (Å²) in [5.41, 5.74) is -0.460. The van der Waals surface area contributed by atoms with Gasteiger partial charge in [-0.1, -0.05) is 0 Å². The highest BCUT2D eigenvalue weighted by molar-refractivity contribution is 5.85. The van der Waals surface area contributed by atoms with Gasteiger partial charge in [0.15, 0.2) is 0 Å². The first-order chi connectivity index (χ1) is 9.78. The van der Waals surface area contributed by atoms with Gasteiger partial charge < -0.3 is 20.4 Å². The van der Waals surface area contributed by atoms with Crippen molar-refractivity contribution in [3.63, 3.8) is 0 Å². The Morgan fingerprint density at radius 1 is 1.00 bits per heavy atom. The van der Waals surface area contributed by atoms with Crippen molar-refractivity contribution < 1.29 is 24.6 Å². The highest BCUT2D eigenvalue weighted by Crippen LogP contribution is 2.13. The normalized spacial score (nSPS) is 18.0. The summed E-state index contributed by atoms with van der Waals surface area (Å²) in [5, 5.41) is 3.09. The van der Waals surface area contributed by atoms with Crippen LogP contribution in [0, 0.1) is 0 Å². The number of hydrogen-bond acceptors (Lipinski definition) is 5. The van der Waals surface area contributed by atoms with E-state index in [1.54, 1.807) is 4.90 Å². The second kappa shape index (κ2) is 11.4. The lowest BCUT2D eigenvalue weighted by Crippen LogP contribution is -2.41. The highest BCUT2D eigenvalue weighted by atomic mass is 35.5. The quantitative estimate of drug-likeness (QED) is 0.703. The largest absolute Gasteiger partial charge is 0.444 e. The van der Waals surface area contributed by atoms with Crippen molar-refractivity contribution in [2.45, 2.75) is 52.1 Å². The number of rotatable bonds is 0. The molecule has 0 bridgehead atoms. The molecule has 23 heavy (non-hydrogen) atoms. The van der Waals surface area contributed by atoms with Gasteiger partial charge in [0.05, 0.1) is 0 Å². The molecule has 2 heterocycles. The van der Waals surface area contributed by atoms with Gasteiger partial charge in [-0.25, -0.2) is 4.79 Å². The zero-order valence-electron chi connectivity index (χ0n) is 14.1. The van der Waals surface area contributed by atoms with Gasteiger partial charge in [0.1, 0.15) is 17.2 Å². The van der Waals surface area contributed by atoms with Crippen LogP contribution in [0.15, 0.2) is 0 Å². The Bertz CT molecular complexity index is 378. The second-order valence-electron chi connectivity index (χ2n) is 6.29. The number of ketones is 2. The van der Waals surface area contributed by atoms with Crippen molar-refractivity contribution in [1.82, 2.24) is 10.2 Å². The number of nitrogens with zero attached hydrogens (tertiary/aromatic N) is 1. The molecule has 0 atom stereocenters. The maximum absolute atomic E-state index is 11.5. The number of halogens is 1. The van der Waals surface area contributed by atoms with Crippen LogP contribution in [0.25, 0.3) is 0 Å². The van der Waals surface area contributed by atoms with Gasteiger partial charge in [0.25, 0.3) is 0 Å². The molecule has 0 unspecified atom stereocenters. The standard InChI is InChI=1S/C10H17NO3.C5H9NO.ClH.H2O/c1-10(2,3)14-9(13)11-6-4-8(12)5-7-11;7-5-1-3-6-4-2-5;;/h4-7H2,1-3H3;6H,1-4H2;1H;1H2. The molecule has 0 saturated carbocycles. The molecule has 7 nitrogen and oxygen atoms in total. The van der Waals surface area contributed by atoms with E-state index < -0.39 is 5.60 Å². The van der Waals surface area contributed by atoms with E-state index in [4.69, 9.17) is 4.74 Å². The Labute approximate surface area is 143 Å². The molecule has 2 aliphatic rings. The van der Waals surface area contributed by atoms with E-state index in [0.717, 1.165) is 25.9 Å². The van der Waals surface area contributed by atoms with Crippen LogP contribution >= 0.6 is 12.4 Å². The molecule has 0 spiro atoms. The molecule has 2 saturated heterocycles.